The van der Waals surface area contributed by atoms with Crippen molar-refractivity contribution in [3.63, 3.8) is 0 Å². The topological polar surface area (TPSA) is 32.3 Å². The molecular formula is C28H33NO. The van der Waals surface area contributed by atoms with E-state index >= 15 is 0 Å². The third-order valence-corrected chi connectivity index (χ3v) is 7.55. The van der Waals surface area contributed by atoms with Crippen LogP contribution in [0.1, 0.15) is 80.5 Å². The van der Waals surface area contributed by atoms with Crippen LogP contribution < -0.4 is 5.32 Å². The average molecular weight is 400 g/mol. The summed E-state index contributed by atoms with van der Waals surface area (Å²) < 4.78 is 0. The molecule has 0 saturated heterocycles. The Balaban J connectivity index is 1.27. The van der Waals surface area contributed by atoms with Crippen LogP contribution in [0.15, 0.2) is 66.7 Å². The molecule has 0 heterocycles. The standard InChI is InChI=1S/C28H33NO/c1-20(26-12-5-8-22-7-2-3-11-27(22)26)29-25-10-4-9-23(19-25)21-13-15-24(16-14-21)28(30)17-6-18-28/h2-3,5,7-8,11-16,20,23,25,29-30H,4,6,9-10,17-19H2,1H3/t20-,23?,25?/m1/s1. The Kier molecular flexibility index (Phi) is 5.39. The van der Waals surface area contributed by atoms with Crippen molar-refractivity contribution < 1.29 is 5.11 Å². The zero-order valence-corrected chi connectivity index (χ0v) is 18.0. The highest BCUT2D eigenvalue weighted by atomic mass is 16.3. The minimum absolute atomic E-state index is 0.343. The van der Waals surface area contributed by atoms with Crippen molar-refractivity contribution in [3.8, 4) is 0 Å². The average Bonchev–Trinajstić information content (AvgIpc) is 2.77. The summed E-state index contributed by atoms with van der Waals surface area (Å²) in [4.78, 5) is 0. The van der Waals surface area contributed by atoms with Gasteiger partial charge in [0.25, 0.3) is 0 Å². The minimum atomic E-state index is -0.553. The molecule has 3 atom stereocenters. The van der Waals surface area contributed by atoms with Crippen LogP contribution >= 0.6 is 0 Å². The van der Waals surface area contributed by atoms with Gasteiger partial charge in [-0.1, -0.05) is 73.2 Å². The number of hydrogen-bond donors (Lipinski definition) is 2. The third kappa shape index (κ3) is 3.79. The second kappa shape index (κ2) is 8.17. The minimum Gasteiger partial charge on any atom is -0.385 e. The van der Waals surface area contributed by atoms with Crippen molar-refractivity contribution in [1.82, 2.24) is 5.32 Å². The van der Waals surface area contributed by atoms with Crippen molar-refractivity contribution in [3.05, 3.63) is 83.4 Å². The molecule has 2 aliphatic rings. The van der Waals surface area contributed by atoms with Gasteiger partial charge < -0.3 is 10.4 Å². The van der Waals surface area contributed by atoms with E-state index in [4.69, 9.17) is 0 Å². The second-order valence-electron chi connectivity index (χ2n) is 9.52. The first-order valence-corrected chi connectivity index (χ1v) is 11.7. The van der Waals surface area contributed by atoms with Crippen molar-refractivity contribution in [2.75, 3.05) is 0 Å². The molecule has 0 aliphatic heterocycles. The van der Waals surface area contributed by atoms with Gasteiger partial charge in [0.05, 0.1) is 5.60 Å². The van der Waals surface area contributed by atoms with E-state index in [-0.39, 0.29) is 0 Å². The lowest BCUT2D eigenvalue weighted by molar-refractivity contribution is -0.0388. The molecule has 2 saturated carbocycles. The fourth-order valence-corrected chi connectivity index (χ4v) is 5.58. The highest BCUT2D eigenvalue weighted by Gasteiger charge is 2.36. The lowest BCUT2D eigenvalue weighted by Gasteiger charge is -2.37. The highest BCUT2D eigenvalue weighted by Crippen LogP contribution is 2.42. The second-order valence-corrected chi connectivity index (χ2v) is 9.52. The first-order chi connectivity index (χ1) is 14.6. The molecule has 5 rings (SSSR count). The summed E-state index contributed by atoms with van der Waals surface area (Å²) in [5.74, 6) is 0.612. The van der Waals surface area contributed by atoms with E-state index in [0.717, 1.165) is 24.8 Å². The third-order valence-electron chi connectivity index (χ3n) is 7.55. The Labute approximate surface area is 180 Å². The van der Waals surface area contributed by atoms with E-state index in [9.17, 15) is 5.11 Å². The van der Waals surface area contributed by atoms with Crippen LogP contribution in [0, 0.1) is 0 Å². The van der Waals surface area contributed by atoms with E-state index < -0.39 is 5.60 Å². The number of benzene rings is 3. The molecule has 2 unspecified atom stereocenters. The first-order valence-electron chi connectivity index (χ1n) is 11.7. The summed E-state index contributed by atoms with van der Waals surface area (Å²) in [5.41, 5.74) is 3.38. The first kappa shape index (κ1) is 19.8. The van der Waals surface area contributed by atoms with Gasteiger partial charge in [0.1, 0.15) is 0 Å². The SMILES string of the molecule is C[C@@H](NC1CCCC(c2ccc(C3(O)CCC3)cc2)C1)c1cccc2ccccc12. The van der Waals surface area contributed by atoms with Crippen molar-refractivity contribution in [1.29, 1.82) is 0 Å². The molecule has 0 spiro atoms. The molecule has 3 aromatic rings. The molecule has 2 aliphatic carbocycles. The number of nitrogens with one attached hydrogen (secondary N) is 1. The van der Waals surface area contributed by atoms with Crippen molar-refractivity contribution in [2.24, 2.45) is 0 Å². The van der Waals surface area contributed by atoms with Crippen LogP contribution in [0.5, 0.6) is 0 Å². The Bertz CT molecular complexity index is 999. The molecule has 30 heavy (non-hydrogen) atoms. The van der Waals surface area contributed by atoms with Crippen molar-refractivity contribution in [2.45, 2.75) is 75.5 Å². The smallest absolute Gasteiger partial charge is 0.0896 e. The van der Waals surface area contributed by atoms with Gasteiger partial charge in [-0.25, -0.2) is 0 Å². The van der Waals surface area contributed by atoms with Gasteiger partial charge in [0.2, 0.25) is 0 Å². The van der Waals surface area contributed by atoms with Gasteiger partial charge in [-0.05, 0) is 78.8 Å². The Hall–Kier alpha value is -2.16. The van der Waals surface area contributed by atoms with Crippen LogP contribution in [-0.2, 0) is 5.60 Å². The molecule has 0 bridgehead atoms. The zero-order chi connectivity index (χ0) is 20.6. The normalized spacial score (nSPS) is 24.3. The maximum absolute atomic E-state index is 10.6. The summed E-state index contributed by atoms with van der Waals surface area (Å²) in [6.07, 6.45) is 7.95. The molecule has 3 aromatic carbocycles. The predicted octanol–water partition coefficient (Wildman–Crippen LogP) is 6.59. The quantitative estimate of drug-likeness (QED) is 0.507. The van der Waals surface area contributed by atoms with E-state index in [1.807, 2.05) is 0 Å². The van der Waals surface area contributed by atoms with E-state index in [1.54, 1.807) is 0 Å². The molecule has 2 N–H and O–H groups in total. The summed E-state index contributed by atoms with van der Waals surface area (Å²) in [7, 11) is 0. The summed E-state index contributed by atoms with van der Waals surface area (Å²) in [6, 6.07) is 25.1. The van der Waals surface area contributed by atoms with Gasteiger partial charge >= 0.3 is 0 Å². The van der Waals surface area contributed by atoms with Crippen molar-refractivity contribution >= 4 is 10.8 Å². The van der Waals surface area contributed by atoms with Gasteiger partial charge in [0.15, 0.2) is 0 Å². The Morgan fingerprint density at radius 1 is 0.900 bits per heavy atom. The summed E-state index contributed by atoms with van der Waals surface area (Å²) in [6.45, 7) is 2.31. The molecule has 2 heteroatoms. The largest absolute Gasteiger partial charge is 0.385 e. The van der Waals surface area contributed by atoms with E-state index in [0.29, 0.717) is 18.0 Å². The highest BCUT2D eigenvalue weighted by molar-refractivity contribution is 5.86. The number of aliphatic hydroxyl groups is 1. The number of hydrogen-bond acceptors (Lipinski definition) is 2. The monoisotopic (exact) mass is 399 g/mol. The van der Waals surface area contributed by atoms with Gasteiger partial charge in [-0.15, -0.1) is 0 Å². The fraction of sp³-hybridized carbons (Fsp3) is 0.429. The molecule has 0 aromatic heterocycles. The maximum atomic E-state index is 10.6. The molecule has 156 valence electrons. The lowest BCUT2D eigenvalue weighted by atomic mass is 9.74. The van der Waals surface area contributed by atoms with Gasteiger partial charge in [-0.3, -0.25) is 0 Å². The molecule has 2 nitrogen and oxygen atoms in total. The van der Waals surface area contributed by atoms with Crippen LogP contribution in [-0.4, -0.2) is 11.1 Å². The van der Waals surface area contributed by atoms with Crippen LogP contribution in [0.4, 0.5) is 0 Å². The van der Waals surface area contributed by atoms with Gasteiger partial charge in [-0.2, -0.15) is 0 Å². The molecule has 0 radical (unpaired) electrons. The van der Waals surface area contributed by atoms with E-state index in [2.05, 4.69) is 79.0 Å². The molecular weight excluding hydrogens is 366 g/mol. The van der Waals surface area contributed by atoms with Crippen LogP contribution in [0.25, 0.3) is 10.8 Å². The molecule has 0 amide bonds. The zero-order valence-electron chi connectivity index (χ0n) is 18.0. The Morgan fingerprint density at radius 3 is 2.43 bits per heavy atom. The maximum Gasteiger partial charge on any atom is 0.0896 e. The fourth-order valence-electron chi connectivity index (χ4n) is 5.58. The molecule has 2 fully saturated rings. The van der Waals surface area contributed by atoms with Crippen LogP contribution in [0.3, 0.4) is 0 Å². The predicted molar refractivity (Wildman–Crippen MR) is 125 cm³/mol. The van der Waals surface area contributed by atoms with E-state index in [1.165, 1.54) is 47.6 Å². The lowest BCUT2D eigenvalue weighted by Crippen LogP contribution is -2.35. The Morgan fingerprint density at radius 2 is 1.67 bits per heavy atom. The summed E-state index contributed by atoms with van der Waals surface area (Å²) in [5, 5.41) is 17.2. The number of fused-ring (bicyclic) bond motifs is 1. The van der Waals surface area contributed by atoms with Crippen LogP contribution in [0.2, 0.25) is 0 Å². The number of rotatable bonds is 5. The van der Waals surface area contributed by atoms with Gasteiger partial charge in [0, 0.05) is 12.1 Å². The summed E-state index contributed by atoms with van der Waals surface area (Å²) >= 11 is 0.